The minimum Gasteiger partial charge on any atom is -0.459 e. The summed E-state index contributed by atoms with van der Waals surface area (Å²) < 4.78 is 13.4. The van der Waals surface area contributed by atoms with Gasteiger partial charge in [-0.1, -0.05) is 29.8 Å². The normalized spacial score (nSPS) is 24.6. The summed E-state index contributed by atoms with van der Waals surface area (Å²) in [7, 11) is 2.12. The molecule has 0 amide bonds. The highest BCUT2D eigenvalue weighted by molar-refractivity contribution is 6.29. The van der Waals surface area contributed by atoms with Gasteiger partial charge >= 0.3 is 5.97 Å². The van der Waals surface area contributed by atoms with Crippen molar-refractivity contribution in [1.29, 1.82) is 0 Å². The van der Waals surface area contributed by atoms with Crippen LogP contribution >= 0.6 is 11.6 Å². The van der Waals surface area contributed by atoms with Crippen molar-refractivity contribution >= 4 is 28.5 Å². The van der Waals surface area contributed by atoms with Crippen LogP contribution in [0.1, 0.15) is 23.2 Å². The number of carbonyl (C=O) groups is 1. The molecule has 2 aliphatic heterocycles. The first-order valence-corrected chi connectivity index (χ1v) is 10.1. The number of para-hydroxylation sites is 1. The highest BCUT2D eigenvalue weighted by atomic mass is 35.5. The highest BCUT2D eigenvalue weighted by Crippen LogP contribution is 2.30. The fourth-order valence-corrected chi connectivity index (χ4v) is 4.42. The van der Waals surface area contributed by atoms with E-state index < -0.39 is 0 Å². The number of carbonyl (C=O) groups excluding carboxylic acids is 1. The largest absolute Gasteiger partial charge is 0.459 e. The zero-order valence-electron chi connectivity index (χ0n) is 16.0. The molecule has 1 aromatic carbocycles. The Bertz CT molecular complexity index is 1040. The van der Waals surface area contributed by atoms with Gasteiger partial charge in [-0.3, -0.25) is 9.47 Å². The lowest BCUT2D eigenvalue weighted by Gasteiger charge is -2.46. The molecule has 2 bridgehead atoms. The van der Waals surface area contributed by atoms with Gasteiger partial charge in [0.1, 0.15) is 11.3 Å². The molecule has 4 heterocycles. The number of likely N-dealkylation sites (N-methyl/N-ethyl adjacent to an activating group) is 1. The van der Waals surface area contributed by atoms with Gasteiger partial charge in [-0.2, -0.15) is 0 Å². The first-order valence-electron chi connectivity index (χ1n) is 9.69. The van der Waals surface area contributed by atoms with Gasteiger partial charge < -0.3 is 9.47 Å². The SMILES string of the molecule is CN1[C@@H]2COC[C@H]1CC(OC(=O)c1cn(-c3cnc(Cl)cn3)c3ccccc13)C2. The molecule has 0 aliphatic carbocycles. The van der Waals surface area contributed by atoms with Gasteiger partial charge in [-0.25, -0.2) is 14.8 Å². The second-order valence-corrected chi connectivity index (χ2v) is 8.02. The molecular formula is C21H21ClN4O3. The summed E-state index contributed by atoms with van der Waals surface area (Å²) in [5, 5.41) is 1.15. The van der Waals surface area contributed by atoms with E-state index in [-0.39, 0.29) is 12.1 Å². The Morgan fingerprint density at radius 1 is 1.17 bits per heavy atom. The molecule has 0 N–H and O–H groups in total. The summed E-state index contributed by atoms with van der Waals surface area (Å²) >= 11 is 5.86. The van der Waals surface area contributed by atoms with E-state index in [2.05, 4.69) is 21.9 Å². The van der Waals surface area contributed by atoms with Gasteiger partial charge in [0.05, 0.1) is 36.7 Å². The standard InChI is InChI=1S/C21H21ClN4O3/c1-25-13-6-15(7-14(25)12-28-11-13)29-21(27)17-10-26(18-5-3-2-4-16(17)18)20-9-23-19(22)8-24-20/h2-5,8-10,13-15H,6-7,11-12H2,1H3/t13-,14+,15?. The lowest BCUT2D eigenvalue weighted by Crippen LogP contribution is -2.56. The number of morpholine rings is 1. The Morgan fingerprint density at radius 3 is 2.66 bits per heavy atom. The third kappa shape index (κ3) is 3.39. The first kappa shape index (κ1) is 18.5. The number of nitrogens with zero attached hydrogens (tertiary/aromatic N) is 4. The Hall–Kier alpha value is -2.48. The van der Waals surface area contributed by atoms with E-state index in [1.54, 1.807) is 12.4 Å². The quantitative estimate of drug-likeness (QED) is 0.616. The Morgan fingerprint density at radius 2 is 1.93 bits per heavy atom. The molecule has 1 unspecified atom stereocenters. The van der Waals surface area contributed by atoms with E-state index in [9.17, 15) is 4.79 Å². The monoisotopic (exact) mass is 412 g/mol. The van der Waals surface area contributed by atoms with E-state index >= 15 is 0 Å². The van der Waals surface area contributed by atoms with Gasteiger partial charge in [-0.15, -0.1) is 0 Å². The van der Waals surface area contributed by atoms with Crippen LogP contribution in [0.5, 0.6) is 0 Å². The molecule has 0 saturated carbocycles. The molecule has 0 spiro atoms. The van der Waals surface area contributed by atoms with E-state index in [0.717, 1.165) is 23.7 Å². The van der Waals surface area contributed by atoms with Crippen molar-refractivity contribution in [3.05, 3.63) is 53.6 Å². The van der Waals surface area contributed by atoms with Crippen molar-refractivity contribution in [2.45, 2.75) is 31.0 Å². The average Bonchev–Trinajstić information content (AvgIpc) is 3.09. The second-order valence-electron chi connectivity index (χ2n) is 7.64. The average molecular weight is 413 g/mol. The van der Waals surface area contributed by atoms with Gasteiger partial charge in [0, 0.05) is 36.5 Å². The first-order chi connectivity index (χ1) is 14.1. The maximum atomic E-state index is 13.1. The minimum absolute atomic E-state index is 0.102. The maximum absolute atomic E-state index is 13.1. The van der Waals surface area contributed by atoms with Crippen LogP contribution in [0.15, 0.2) is 42.9 Å². The number of rotatable bonds is 3. The van der Waals surface area contributed by atoms with Crippen molar-refractivity contribution < 1.29 is 14.3 Å². The summed E-state index contributed by atoms with van der Waals surface area (Å²) in [6.45, 7) is 1.38. The smallest absolute Gasteiger partial charge is 0.340 e. The van der Waals surface area contributed by atoms with E-state index in [0.29, 0.717) is 41.8 Å². The number of ether oxygens (including phenoxy) is 2. The molecule has 3 atom stereocenters. The molecule has 29 heavy (non-hydrogen) atoms. The number of esters is 1. The predicted molar refractivity (Wildman–Crippen MR) is 108 cm³/mol. The Kier molecular flexibility index (Phi) is 4.73. The van der Waals surface area contributed by atoms with E-state index in [4.69, 9.17) is 21.1 Å². The number of fused-ring (bicyclic) bond motifs is 3. The predicted octanol–water partition coefficient (Wildman–Crippen LogP) is 3.09. The number of halogens is 1. The van der Waals surface area contributed by atoms with Crippen LogP contribution in [0.4, 0.5) is 0 Å². The zero-order chi connectivity index (χ0) is 20.0. The summed E-state index contributed by atoms with van der Waals surface area (Å²) in [6.07, 6.45) is 6.32. The highest BCUT2D eigenvalue weighted by Gasteiger charge is 2.38. The van der Waals surface area contributed by atoms with Crippen molar-refractivity contribution in [3.63, 3.8) is 0 Å². The Labute approximate surface area is 173 Å². The number of hydrogen-bond acceptors (Lipinski definition) is 6. The van der Waals surface area contributed by atoms with Crippen LogP contribution < -0.4 is 0 Å². The number of aromatic nitrogens is 3. The van der Waals surface area contributed by atoms with Crippen LogP contribution in [-0.2, 0) is 9.47 Å². The summed E-state index contributed by atoms with van der Waals surface area (Å²) in [5.74, 6) is 0.283. The van der Waals surface area contributed by atoms with Crippen LogP contribution in [0.2, 0.25) is 5.15 Å². The molecule has 7 nitrogen and oxygen atoms in total. The number of benzene rings is 1. The van der Waals surface area contributed by atoms with Gasteiger partial charge in [-0.05, 0) is 13.1 Å². The topological polar surface area (TPSA) is 69.5 Å². The molecule has 8 heteroatoms. The third-order valence-electron chi connectivity index (χ3n) is 5.90. The molecular weight excluding hydrogens is 392 g/mol. The molecule has 0 radical (unpaired) electrons. The fourth-order valence-electron chi connectivity index (χ4n) is 4.32. The maximum Gasteiger partial charge on any atom is 0.340 e. The molecule has 3 aromatic rings. The van der Waals surface area contributed by atoms with Gasteiger partial charge in [0.15, 0.2) is 5.82 Å². The third-order valence-corrected chi connectivity index (χ3v) is 6.10. The number of piperidine rings is 1. The van der Waals surface area contributed by atoms with Crippen molar-refractivity contribution in [1.82, 2.24) is 19.4 Å². The Balaban J connectivity index is 1.44. The summed E-state index contributed by atoms with van der Waals surface area (Å²) in [4.78, 5) is 23.9. The number of hydrogen-bond donors (Lipinski definition) is 0. The molecule has 2 aliphatic rings. The zero-order valence-corrected chi connectivity index (χ0v) is 16.7. The lowest BCUT2D eigenvalue weighted by atomic mass is 9.92. The van der Waals surface area contributed by atoms with Crippen LogP contribution in [-0.4, -0.2) is 63.9 Å². The minimum atomic E-state index is -0.310. The summed E-state index contributed by atoms with van der Waals surface area (Å²) in [5.41, 5.74) is 1.39. The fraction of sp³-hybridized carbons (Fsp3) is 0.381. The lowest BCUT2D eigenvalue weighted by molar-refractivity contribution is -0.0970. The van der Waals surface area contributed by atoms with Crippen molar-refractivity contribution in [2.24, 2.45) is 0 Å². The van der Waals surface area contributed by atoms with Crippen molar-refractivity contribution in [2.75, 3.05) is 20.3 Å². The molecule has 5 rings (SSSR count). The van der Waals surface area contributed by atoms with Crippen LogP contribution in [0.3, 0.4) is 0 Å². The molecule has 2 aromatic heterocycles. The molecule has 150 valence electrons. The van der Waals surface area contributed by atoms with Gasteiger partial charge in [0.2, 0.25) is 0 Å². The molecule has 2 saturated heterocycles. The van der Waals surface area contributed by atoms with Gasteiger partial charge in [0.25, 0.3) is 0 Å². The summed E-state index contributed by atoms with van der Waals surface area (Å²) in [6, 6.07) is 8.30. The van der Waals surface area contributed by atoms with Crippen LogP contribution in [0, 0.1) is 0 Å². The van der Waals surface area contributed by atoms with Crippen LogP contribution in [0.25, 0.3) is 16.7 Å². The van der Waals surface area contributed by atoms with E-state index in [1.165, 1.54) is 6.20 Å². The molecule has 2 fully saturated rings. The van der Waals surface area contributed by atoms with Crippen molar-refractivity contribution in [3.8, 4) is 5.82 Å². The van der Waals surface area contributed by atoms with E-state index in [1.807, 2.05) is 28.8 Å². The second kappa shape index (κ2) is 7.40.